The second-order valence-electron chi connectivity index (χ2n) is 19.0. The number of hydrogen-bond donors (Lipinski definition) is 13. The Morgan fingerprint density at radius 1 is 0.909 bits per heavy atom. The van der Waals surface area contributed by atoms with Crippen molar-refractivity contribution in [2.75, 3.05) is 68.7 Å². The van der Waals surface area contributed by atoms with Crippen molar-refractivity contribution in [2.45, 2.75) is 107 Å². The Morgan fingerprint density at radius 2 is 1.61 bits per heavy atom. The summed E-state index contributed by atoms with van der Waals surface area (Å²) in [7, 11) is -2.01. The van der Waals surface area contributed by atoms with Gasteiger partial charge >= 0.3 is 6.03 Å². The molecule has 1 aromatic carbocycles. The van der Waals surface area contributed by atoms with Crippen LogP contribution in [0.1, 0.15) is 71.3 Å². The number of rotatable bonds is 18. The van der Waals surface area contributed by atoms with Crippen LogP contribution in [0.3, 0.4) is 0 Å². The zero-order chi connectivity index (χ0) is 56.5. The van der Waals surface area contributed by atoms with E-state index in [0.717, 1.165) is 15.5 Å². The van der Waals surface area contributed by atoms with Crippen molar-refractivity contribution in [1.29, 1.82) is 0 Å². The summed E-state index contributed by atoms with van der Waals surface area (Å²) >= 11 is 2.91. The molecule has 0 spiro atoms. The van der Waals surface area contributed by atoms with Gasteiger partial charge in [-0.05, 0) is 29.4 Å². The van der Waals surface area contributed by atoms with Gasteiger partial charge in [0.05, 0.1) is 67.7 Å². The van der Waals surface area contributed by atoms with E-state index < -0.39 is 175 Å². The number of carbonyl (C=O) groups excluding carboxylic acids is 10. The quantitative estimate of drug-likeness (QED) is 0.0665. The lowest BCUT2D eigenvalue weighted by Crippen LogP contribution is -2.59. The Kier molecular flexibility index (Phi) is 24.0. The number of fused-ring (bicyclic) bond motifs is 2. The Labute approximate surface area is 455 Å². The number of anilines is 1. The number of aliphatic hydroxyl groups is 3. The fourth-order valence-electron chi connectivity index (χ4n) is 9.01. The largest absolute Gasteiger partial charge is 0.508 e. The molecule has 0 aliphatic carbocycles. The van der Waals surface area contributed by atoms with Gasteiger partial charge in [0.25, 0.3) is 11.8 Å². The number of ether oxygens (including phenoxy) is 1. The fourth-order valence-corrected chi connectivity index (χ4v) is 12.8. The summed E-state index contributed by atoms with van der Waals surface area (Å²) in [4.78, 5) is 138. The number of nitrogens with zero attached hydrogens (tertiary/aromatic N) is 1. The molecule has 12 atom stereocenters. The van der Waals surface area contributed by atoms with Gasteiger partial charge in [-0.2, -0.15) is 0 Å². The number of Topliss-reactive ketones (excluding diaryl/α,β-unsaturated/α-hetero) is 1. The van der Waals surface area contributed by atoms with Gasteiger partial charge in [0.1, 0.15) is 29.2 Å². The summed E-state index contributed by atoms with van der Waals surface area (Å²) in [6, 6.07) is -2.95. The standard InChI is InChI=1S/C48H70N10O16S3/c1-5-24(3)40-44(69)51-17-38(65)53-32(22-77(73)46-29(6-2)30-8-7-27(60)15-31(30)54-46)34(62)13-26(14-37(64)49-9-11-74-12-10-50-43(68)36-21-75-23-76-36)47(71)58-19-28(61)16-33(58)42(67)56-41(25(4)35(63)20-59)45(70)57-48(72)52-18-39(66)55-40/h7-8,15,21,24-26,28-29,32-33,35,40-41,46,54,59-61,63H,5-6,9-14,16-20,22-23H2,1-4H3,(H,49,64)(H,50,68)(H,51,69)(H,53,65)(H,55,66)(H,56,67)(H2,52,57,70,72)/t24-,25?,26-,28+,29?,32-,33-,35-,40-,41-,46?,77?/m0/s1. The molecule has 77 heavy (non-hydrogen) atoms. The molecule has 10 amide bonds. The number of phenolic OH excluding ortho intramolecular Hbond substituents is 1. The van der Waals surface area contributed by atoms with E-state index in [9.17, 15) is 72.6 Å². The minimum atomic E-state index is -2.01. The summed E-state index contributed by atoms with van der Waals surface area (Å²) < 4.78 is 20.0. The van der Waals surface area contributed by atoms with Crippen LogP contribution in [0, 0.1) is 17.8 Å². The first-order valence-corrected chi connectivity index (χ1v) is 28.7. The Balaban J connectivity index is 1.46. The number of thioether (sulfide) groups is 2. The van der Waals surface area contributed by atoms with Crippen LogP contribution in [0.4, 0.5) is 10.5 Å². The molecule has 4 unspecified atom stereocenters. The van der Waals surface area contributed by atoms with Crippen molar-refractivity contribution < 1.29 is 77.3 Å². The second kappa shape index (κ2) is 29.8. The number of phenols is 1. The number of hydrogen-bond acceptors (Lipinski definition) is 19. The van der Waals surface area contributed by atoms with Crippen molar-refractivity contribution in [3.63, 3.8) is 0 Å². The van der Waals surface area contributed by atoms with Crippen LogP contribution in [0.25, 0.3) is 0 Å². The van der Waals surface area contributed by atoms with E-state index in [1.54, 1.807) is 25.3 Å². The average molecular weight is 1140 g/mol. The third-order valence-corrected chi connectivity index (χ3v) is 17.4. The van der Waals surface area contributed by atoms with Crippen molar-refractivity contribution in [1.82, 2.24) is 47.4 Å². The Bertz CT molecular complexity index is 2420. The molecule has 2 saturated heterocycles. The van der Waals surface area contributed by atoms with Crippen LogP contribution < -0.4 is 47.9 Å². The highest BCUT2D eigenvalue weighted by molar-refractivity contribution is 8.22. The third-order valence-electron chi connectivity index (χ3n) is 13.5. The normalized spacial score (nSPS) is 26.7. The summed E-state index contributed by atoms with van der Waals surface area (Å²) in [5, 5.41) is 65.6. The molecule has 2 fully saturated rings. The topological polar surface area (TPSA) is 389 Å². The zero-order valence-corrected chi connectivity index (χ0v) is 45.6. The maximum atomic E-state index is 14.8. The number of carbonyl (C=O) groups is 10. The van der Waals surface area contributed by atoms with Gasteiger partial charge < -0.3 is 72.6 Å². The molecule has 0 bridgehead atoms. The number of benzene rings is 1. The fraction of sp³-hybridized carbons (Fsp3) is 0.625. The lowest BCUT2D eigenvalue weighted by atomic mass is 9.93. The van der Waals surface area contributed by atoms with Gasteiger partial charge in [-0.3, -0.25) is 52.7 Å². The SMILES string of the molecule is CCC1c2ccc(O)cc2NC1S(=O)C[C@@H]1NC(=O)CNC(=O)[C@H]([C@@H](C)CC)NC(=O)CNC(=O)NC(=O)[C@H](C(C)[C@@H](O)CO)NC(=O)[C@@H]2C[C@@H](O)CN2C(=O)[C@H](CC(=O)NCCOCCNC(=O)C2=CSCS2)CC1=O. The Morgan fingerprint density at radius 3 is 2.29 bits per heavy atom. The van der Waals surface area contributed by atoms with E-state index in [2.05, 4.69) is 42.5 Å². The van der Waals surface area contributed by atoms with Crippen LogP contribution in [-0.4, -0.2) is 194 Å². The molecular weight excluding hydrogens is 1070 g/mol. The van der Waals surface area contributed by atoms with E-state index >= 15 is 0 Å². The molecule has 29 heteroatoms. The Hall–Kier alpha value is -5.85. The summed E-state index contributed by atoms with van der Waals surface area (Å²) in [6.45, 7) is 3.65. The molecule has 4 heterocycles. The minimum absolute atomic E-state index is 0.0365. The van der Waals surface area contributed by atoms with Gasteiger partial charge in [-0.15, -0.1) is 23.5 Å². The molecule has 0 saturated carbocycles. The molecule has 13 N–H and O–H groups in total. The maximum Gasteiger partial charge on any atom is 0.321 e. The van der Waals surface area contributed by atoms with Crippen molar-refractivity contribution in [3.05, 3.63) is 34.1 Å². The first-order valence-electron chi connectivity index (χ1n) is 25.2. The van der Waals surface area contributed by atoms with E-state index in [4.69, 9.17) is 4.74 Å². The summed E-state index contributed by atoms with van der Waals surface area (Å²) in [5.74, 6) is -12.4. The highest BCUT2D eigenvalue weighted by Crippen LogP contribution is 2.41. The van der Waals surface area contributed by atoms with Crippen LogP contribution in [0.5, 0.6) is 5.75 Å². The van der Waals surface area contributed by atoms with Crippen molar-refractivity contribution in [2.24, 2.45) is 17.8 Å². The highest BCUT2D eigenvalue weighted by atomic mass is 32.2. The van der Waals surface area contributed by atoms with Crippen LogP contribution >= 0.6 is 23.5 Å². The van der Waals surface area contributed by atoms with E-state index in [1.807, 2.05) is 12.2 Å². The molecule has 1 aromatic rings. The first-order chi connectivity index (χ1) is 36.6. The second-order valence-corrected chi connectivity index (χ2v) is 22.9. The third kappa shape index (κ3) is 17.6. The van der Waals surface area contributed by atoms with Crippen LogP contribution in [0.2, 0.25) is 0 Å². The van der Waals surface area contributed by atoms with Gasteiger partial charge in [0.15, 0.2) is 5.78 Å². The number of imide groups is 1. The van der Waals surface area contributed by atoms with Gasteiger partial charge in [-0.25, -0.2) is 4.79 Å². The highest BCUT2D eigenvalue weighted by Gasteiger charge is 2.45. The summed E-state index contributed by atoms with van der Waals surface area (Å²) in [6.07, 6.45) is -4.16. The number of urea groups is 1. The number of aromatic hydroxyl groups is 1. The van der Waals surface area contributed by atoms with Crippen LogP contribution in [-0.2, 0) is 58.7 Å². The predicted octanol–water partition coefficient (Wildman–Crippen LogP) is -2.71. The lowest BCUT2D eigenvalue weighted by Gasteiger charge is -2.31. The molecule has 426 valence electrons. The molecule has 4 aliphatic rings. The predicted molar refractivity (Wildman–Crippen MR) is 282 cm³/mol. The first kappa shape index (κ1) is 62.0. The number of nitrogens with one attached hydrogen (secondary N) is 9. The lowest BCUT2D eigenvalue weighted by molar-refractivity contribution is -0.145. The van der Waals surface area contributed by atoms with Gasteiger partial charge in [-0.1, -0.05) is 40.2 Å². The maximum absolute atomic E-state index is 14.8. The summed E-state index contributed by atoms with van der Waals surface area (Å²) in [5.41, 5.74) is 1.24. The van der Waals surface area contributed by atoms with Crippen LogP contribution in [0.15, 0.2) is 28.5 Å². The van der Waals surface area contributed by atoms with Crippen molar-refractivity contribution >= 4 is 99.1 Å². The molecule has 5 rings (SSSR count). The molecule has 4 aliphatic heterocycles. The molecule has 0 aromatic heterocycles. The smallest absolute Gasteiger partial charge is 0.321 e. The van der Waals surface area contributed by atoms with Gasteiger partial charge in [0, 0.05) is 78.4 Å². The van der Waals surface area contributed by atoms with E-state index in [0.29, 0.717) is 23.4 Å². The van der Waals surface area contributed by atoms with Gasteiger partial charge in [0.2, 0.25) is 35.4 Å². The van der Waals surface area contributed by atoms with E-state index in [-0.39, 0.29) is 43.9 Å². The average Bonchev–Trinajstić information content (AvgIpc) is 4.19. The van der Waals surface area contributed by atoms with Crippen molar-refractivity contribution in [3.8, 4) is 5.75 Å². The molecule has 0 radical (unpaired) electrons. The monoisotopic (exact) mass is 1140 g/mol. The number of ketones is 1. The molecular formula is C48H70N10O16S3. The molecule has 26 nitrogen and oxygen atoms in total. The number of amides is 10. The minimum Gasteiger partial charge on any atom is -0.508 e. The number of aliphatic hydroxyl groups excluding tert-OH is 3. The van der Waals surface area contributed by atoms with E-state index in [1.165, 1.54) is 42.6 Å². The zero-order valence-electron chi connectivity index (χ0n) is 43.1.